The zero-order chi connectivity index (χ0) is 18.8. The van der Waals surface area contributed by atoms with Gasteiger partial charge in [-0.2, -0.15) is 0 Å². The van der Waals surface area contributed by atoms with Crippen molar-refractivity contribution in [1.82, 2.24) is 9.97 Å². The average Bonchev–Trinajstić information content (AvgIpc) is 3.31. The number of anilines is 1. The highest BCUT2D eigenvalue weighted by atomic mass is 16.4. The summed E-state index contributed by atoms with van der Waals surface area (Å²) in [6, 6.07) is 15.7. The topological polar surface area (TPSA) is 108 Å². The first kappa shape index (κ1) is 16.6. The standard InChI is InChI=1S/C20H15N3O4/c24-19(25)9-12-1-4-14(5-2-12)23-20(26)18-8-7-17(27-18)13-3-6-15-16(10-13)22-11-21-15/h1-8,10-11H,9H2,(H,21,22)(H,23,26)(H,24,25). The predicted molar refractivity (Wildman–Crippen MR) is 99.5 cm³/mol. The van der Waals surface area contributed by atoms with Crippen molar-refractivity contribution in [3.05, 3.63) is 72.2 Å². The molecular formula is C20H15N3O4. The molecule has 3 N–H and O–H groups in total. The van der Waals surface area contributed by atoms with Gasteiger partial charge < -0.3 is 19.8 Å². The molecule has 0 aliphatic heterocycles. The van der Waals surface area contributed by atoms with Gasteiger partial charge in [-0.3, -0.25) is 9.59 Å². The summed E-state index contributed by atoms with van der Waals surface area (Å²) in [6.45, 7) is 0. The van der Waals surface area contributed by atoms with E-state index in [-0.39, 0.29) is 18.1 Å². The second-order valence-corrected chi connectivity index (χ2v) is 6.02. The maximum atomic E-state index is 12.4. The first-order chi connectivity index (χ1) is 13.1. The molecule has 0 atom stereocenters. The van der Waals surface area contributed by atoms with Crippen LogP contribution in [0.4, 0.5) is 5.69 Å². The van der Waals surface area contributed by atoms with E-state index in [1.165, 1.54) is 0 Å². The summed E-state index contributed by atoms with van der Waals surface area (Å²) in [7, 11) is 0. The Morgan fingerprint density at radius 1 is 1.07 bits per heavy atom. The molecule has 0 radical (unpaired) electrons. The molecule has 0 unspecified atom stereocenters. The fourth-order valence-corrected chi connectivity index (χ4v) is 2.78. The second kappa shape index (κ2) is 6.80. The summed E-state index contributed by atoms with van der Waals surface area (Å²) < 4.78 is 5.68. The summed E-state index contributed by atoms with van der Waals surface area (Å²) in [5, 5.41) is 11.5. The zero-order valence-corrected chi connectivity index (χ0v) is 14.1. The Kier molecular flexibility index (Phi) is 4.18. The highest BCUT2D eigenvalue weighted by molar-refractivity contribution is 6.02. The number of H-pyrrole nitrogens is 1. The number of nitrogens with one attached hydrogen (secondary N) is 2. The van der Waals surface area contributed by atoms with E-state index in [4.69, 9.17) is 9.52 Å². The van der Waals surface area contributed by atoms with Crippen molar-refractivity contribution < 1.29 is 19.1 Å². The quantitative estimate of drug-likeness (QED) is 0.502. The van der Waals surface area contributed by atoms with E-state index >= 15 is 0 Å². The first-order valence-corrected chi connectivity index (χ1v) is 8.24. The fraction of sp³-hybridized carbons (Fsp3) is 0.0500. The lowest BCUT2D eigenvalue weighted by atomic mass is 10.1. The number of aromatic nitrogens is 2. The molecule has 0 saturated heterocycles. The van der Waals surface area contributed by atoms with Gasteiger partial charge in [0.2, 0.25) is 0 Å². The van der Waals surface area contributed by atoms with Gasteiger partial charge in [-0.1, -0.05) is 12.1 Å². The van der Waals surface area contributed by atoms with Crippen LogP contribution in [0.5, 0.6) is 0 Å². The fourth-order valence-electron chi connectivity index (χ4n) is 2.78. The van der Waals surface area contributed by atoms with E-state index in [0.717, 1.165) is 16.6 Å². The third kappa shape index (κ3) is 3.57. The van der Waals surface area contributed by atoms with Crippen LogP contribution < -0.4 is 5.32 Å². The molecular weight excluding hydrogens is 346 g/mol. The minimum absolute atomic E-state index is 0.0591. The Labute approximate surface area is 153 Å². The number of carboxylic acids is 1. The van der Waals surface area contributed by atoms with Crippen LogP contribution in [0.1, 0.15) is 16.1 Å². The smallest absolute Gasteiger partial charge is 0.307 e. The molecule has 134 valence electrons. The Balaban J connectivity index is 1.49. The maximum absolute atomic E-state index is 12.4. The second-order valence-electron chi connectivity index (χ2n) is 6.02. The van der Waals surface area contributed by atoms with Crippen LogP contribution in [0.3, 0.4) is 0 Å². The van der Waals surface area contributed by atoms with Crippen LogP contribution in [0.25, 0.3) is 22.4 Å². The van der Waals surface area contributed by atoms with Gasteiger partial charge in [0.25, 0.3) is 5.91 Å². The van der Waals surface area contributed by atoms with Crippen LogP contribution in [-0.4, -0.2) is 27.0 Å². The number of carboxylic acid groups (broad SMARTS) is 1. The van der Waals surface area contributed by atoms with E-state index in [0.29, 0.717) is 17.0 Å². The van der Waals surface area contributed by atoms with Crippen LogP contribution >= 0.6 is 0 Å². The number of furan rings is 1. The number of hydrogen-bond donors (Lipinski definition) is 3. The Bertz CT molecular complexity index is 1130. The van der Waals surface area contributed by atoms with Crippen molar-refractivity contribution in [2.24, 2.45) is 0 Å². The largest absolute Gasteiger partial charge is 0.481 e. The number of benzene rings is 2. The molecule has 0 bridgehead atoms. The predicted octanol–water partition coefficient (Wildman–Crippen LogP) is 3.70. The molecule has 1 amide bonds. The lowest BCUT2D eigenvalue weighted by Gasteiger charge is -2.04. The molecule has 4 aromatic rings. The van der Waals surface area contributed by atoms with Gasteiger partial charge in [0.05, 0.1) is 23.8 Å². The van der Waals surface area contributed by atoms with Gasteiger partial charge in [-0.05, 0) is 48.0 Å². The molecule has 0 aliphatic carbocycles. The van der Waals surface area contributed by atoms with Crippen molar-refractivity contribution >= 4 is 28.6 Å². The zero-order valence-electron chi connectivity index (χ0n) is 14.1. The molecule has 2 heterocycles. The Morgan fingerprint density at radius 2 is 1.89 bits per heavy atom. The van der Waals surface area contributed by atoms with Crippen molar-refractivity contribution in [2.45, 2.75) is 6.42 Å². The van der Waals surface area contributed by atoms with Gasteiger partial charge >= 0.3 is 5.97 Å². The maximum Gasteiger partial charge on any atom is 0.307 e. The van der Waals surface area contributed by atoms with Crippen molar-refractivity contribution in [3.63, 3.8) is 0 Å². The van der Waals surface area contributed by atoms with Crippen LogP contribution in [0, 0.1) is 0 Å². The van der Waals surface area contributed by atoms with Gasteiger partial charge in [-0.25, -0.2) is 4.98 Å². The van der Waals surface area contributed by atoms with E-state index in [9.17, 15) is 9.59 Å². The summed E-state index contributed by atoms with van der Waals surface area (Å²) in [4.78, 5) is 30.3. The highest BCUT2D eigenvalue weighted by Crippen LogP contribution is 2.25. The molecule has 2 aromatic heterocycles. The SMILES string of the molecule is O=C(O)Cc1ccc(NC(=O)c2ccc(-c3ccc4nc[nH]c4c3)o2)cc1. The lowest BCUT2D eigenvalue weighted by Crippen LogP contribution is -2.10. The normalized spacial score (nSPS) is 10.8. The van der Waals surface area contributed by atoms with E-state index in [1.54, 1.807) is 42.7 Å². The number of aliphatic carboxylic acids is 1. The summed E-state index contributed by atoms with van der Waals surface area (Å²) in [5.41, 5.74) is 3.80. The molecule has 7 heteroatoms. The van der Waals surface area contributed by atoms with Gasteiger partial charge in [0.15, 0.2) is 5.76 Å². The molecule has 2 aromatic carbocycles. The lowest BCUT2D eigenvalue weighted by molar-refractivity contribution is -0.136. The Hall–Kier alpha value is -3.87. The third-order valence-electron chi connectivity index (χ3n) is 4.10. The number of imidazole rings is 1. The van der Waals surface area contributed by atoms with Crippen molar-refractivity contribution in [1.29, 1.82) is 0 Å². The average molecular weight is 361 g/mol. The van der Waals surface area contributed by atoms with E-state index in [1.807, 2.05) is 18.2 Å². The van der Waals surface area contributed by atoms with Crippen molar-refractivity contribution in [2.75, 3.05) is 5.32 Å². The number of carbonyl (C=O) groups excluding carboxylic acids is 1. The van der Waals surface area contributed by atoms with Crippen LogP contribution in [0.15, 0.2) is 65.3 Å². The van der Waals surface area contributed by atoms with Crippen LogP contribution in [0.2, 0.25) is 0 Å². The minimum Gasteiger partial charge on any atom is -0.481 e. The Morgan fingerprint density at radius 3 is 2.67 bits per heavy atom. The van der Waals surface area contributed by atoms with E-state index < -0.39 is 5.97 Å². The minimum atomic E-state index is -0.900. The summed E-state index contributed by atoms with van der Waals surface area (Å²) in [6.07, 6.45) is 1.56. The number of rotatable bonds is 5. The monoisotopic (exact) mass is 361 g/mol. The number of hydrogen-bond acceptors (Lipinski definition) is 4. The molecule has 0 aliphatic rings. The van der Waals surface area contributed by atoms with Gasteiger partial charge in [0, 0.05) is 11.3 Å². The number of aromatic amines is 1. The van der Waals surface area contributed by atoms with Gasteiger partial charge in [-0.15, -0.1) is 0 Å². The number of amides is 1. The summed E-state index contributed by atoms with van der Waals surface area (Å²) >= 11 is 0. The van der Waals surface area contributed by atoms with Gasteiger partial charge in [0.1, 0.15) is 5.76 Å². The molecule has 0 saturated carbocycles. The molecule has 0 fully saturated rings. The molecule has 7 nitrogen and oxygen atoms in total. The van der Waals surface area contributed by atoms with Crippen LogP contribution in [-0.2, 0) is 11.2 Å². The molecule has 0 spiro atoms. The van der Waals surface area contributed by atoms with Crippen molar-refractivity contribution in [3.8, 4) is 11.3 Å². The number of nitrogens with zero attached hydrogens (tertiary/aromatic N) is 1. The van der Waals surface area contributed by atoms with E-state index in [2.05, 4.69) is 15.3 Å². The number of fused-ring (bicyclic) bond motifs is 1. The molecule has 4 rings (SSSR count). The third-order valence-corrected chi connectivity index (χ3v) is 4.10. The molecule has 27 heavy (non-hydrogen) atoms. The first-order valence-electron chi connectivity index (χ1n) is 8.24. The summed E-state index contributed by atoms with van der Waals surface area (Å²) in [5.74, 6) is -0.518. The highest BCUT2D eigenvalue weighted by Gasteiger charge is 2.13. The number of carbonyl (C=O) groups is 2.